The molecule has 0 radical (unpaired) electrons. The molecule has 5 aromatic rings. The van der Waals surface area contributed by atoms with E-state index in [1.165, 1.54) is 54.6 Å². The number of hydrogen-bond acceptors (Lipinski definition) is 10. The van der Waals surface area contributed by atoms with Crippen molar-refractivity contribution in [2.24, 2.45) is 0 Å². The second-order valence-corrected chi connectivity index (χ2v) is 10.2. The highest BCUT2D eigenvalue weighted by atomic mass is 16.6. The van der Waals surface area contributed by atoms with Gasteiger partial charge in [-0.15, -0.1) is 0 Å². The standard InChI is InChI=1S/C34H26O11/c35-21-3-1-2-18(12-21)24-15-28(38)29(39)16-25(24)19-5-7-22-23(13-19)20(14-30(40)33(22)42)6-9-32(41)45-31(34(43)44)11-17-4-8-26(36)27(37)10-17/h1-10,12-16,31,35-40,42H,11H2,(H,43,44)/b9-6+/t31-/m1/s1. The molecule has 0 amide bonds. The molecule has 0 aliphatic rings. The van der Waals surface area contributed by atoms with Crippen molar-refractivity contribution < 1.29 is 55.2 Å². The van der Waals surface area contributed by atoms with Gasteiger partial charge in [0, 0.05) is 17.9 Å². The molecule has 0 unspecified atom stereocenters. The maximum absolute atomic E-state index is 12.7. The van der Waals surface area contributed by atoms with Gasteiger partial charge in [0.2, 0.25) is 6.10 Å². The molecule has 0 spiro atoms. The van der Waals surface area contributed by atoms with Crippen molar-refractivity contribution in [3.8, 4) is 62.5 Å². The van der Waals surface area contributed by atoms with E-state index >= 15 is 0 Å². The molecule has 0 aromatic heterocycles. The van der Waals surface area contributed by atoms with Crippen LogP contribution >= 0.6 is 0 Å². The molecule has 0 aliphatic carbocycles. The Bertz CT molecular complexity index is 2000. The second kappa shape index (κ2) is 12.1. The molecule has 5 rings (SSSR count). The third-order valence-electron chi connectivity index (χ3n) is 7.10. The van der Waals surface area contributed by atoms with Crippen molar-refractivity contribution in [2.45, 2.75) is 12.5 Å². The number of fused-ring (bicyclic) bond motifs is 1. The molecule has 0 bridgehead atoms. The average Bonchev–Trinajstić information content (AvgIpc) is 3.00. The number of carbonyl (C=O) groups is 2. The number of ether oxygens (including phenoxy) is 1. The molecule has 11 heteroatoms. The number of rotatable bonds is 8. The van der Waals surface area contributed by atoms with Gasteiger partial charge in [-0.05, 0) is 99.4 Å². The first-order chi connectivity index (χ1) is 21.4. The first-order valence-corrected chi connectivity index (χ1v) is 13.4. The molecular formula is C34H26O11. The summed E-state index contributed by atoms with van der Waals surface area (Å²) in [7, 11) is 0. The number of carbonyl (C=O) groups excluding carboxylic acids is 1. The number of phenols is 7. The summed E-state index contributed by atoms with van der Waals surface area (Å²) in [6, 6.07) is 18.6. The van der Waals surface area contributed by atoms with Gasteiger partial charge in [-0.3, -0.25) is 0 Å². The lowest BCUT2D eigenvalue weighted by Gasteiger charge is -2.15. The highest BCUT2D eigenvalue weighted by molar-refractivity contribution is 6.02. The van der Waals surface area contributed by atoms with Gasteiger partial charge in [0.25, 0.3) is 0 Å². The predicted octanol–water partition coefficient (Wildman–Crippen LogP) is 5.37. The van der Waals surface area contributed by atoms with Gasteiger partial charge in [-0.1, -0.05) is 24.3 Å². The van der Waals surface area contributed by atoms with Gasteiger partial charge in [0.15, 0.2) is 34.5 Å². The van der Waals surface area contributed by atoms with Crippen LogP contribution in [0.1, 0.15) is 11.1 Å². The van der Waals surface area contributed by atoms with Crippen LogP contribution < -0.4 is 0 Å². The van der Waals surface area contributed by atoms with Gasteiger partial charge >= 0.3 is 11.9 Å². The van der Waals surface area contributed by atoms with Crippen LogP contribution in [0.5, 0.6) is 40.2 Å². The Morgan fingerprint density at radius 2 is 1.33 bits per heavy atom. The number of carboxylic acids is 1. The molecule has 8 N–H and O–H groups in total. The van der Waals surface area contributed by atoms with Crippen LogP contribution in [-0.4, -0.2) is 58.9 Å². The number of benzene rings is 5. The second-order valence-electron chi connectivity index (χ2n) is 10.2. The SMILES string of the molecule is O=C(/C=C/c1cc(O)c(O)c2ccc(-c3cc(O)c(O)cc3-c3cccc(O)c3)cc12)O[C@H](Cc1ccc(O)c(O)c1)C(=O)O. The first-order valence-electron chi connectivity index (χ1n) is 13.4. The minimum absolute atomic E-state index is 0.0180. The van der Waals surface area contributed by atoms with Gasteiger partial charge in [0.1, 0.15) is 5.75 Å². The van der Waals surface area contributed by atoms with Crippen LogP contribution in [0.3, 0.4) is 0 Å². The third-order valence-corrected chi connectivity index (χ3v) is 7.10. The van der Waals surface area contributed by atoms with E-state index < -0.39 is 46.8 Å². The number of hydrogen-bond donors (Lipinski definition) is 8. The lowest BCUT2D eigenvalue weighted by atomic mass is 9.91. The lowest BCUT2D eigenvalue weighted by molar-refractivity contribution is -0.160. The third kappa shape index (κ3) is 6.37. The summed E-state index contributed by atoms with van der Waals surface area (Å²) < 4.78 is 5.11. The van der Waals surface area contributed by atoms with Crippen LogP contribution in [0, 0.1) is 0 Å². The number of phenolic OH excluding ortho intramolecular Hbond substituents is 7. The number of carboxylic acid groups (broad SMARTS) is 1. The monoisotopic (exact) mass is 610 g/mol. The van der Waals surface area contributed by atoms with Crippen molar-refractivity contribution in [3.05, 3.63) is 96.1 Å². The predicted molar refractivity (Wildman–Crippen MR) is 163 cm³/mol. The molecule has 1 atom stereocenters. The Morgan fingerprint density at radius 1 is 0.667 bits per heavy atom. The fraction of sp³-hybridized carbons (Fsp3) is 0.0588. The van der Waals surface area contributed by atoms with Crippen LogP contribution in [0.25, 0.3) is 39.1 Å². The summed E-state index contributed by atoms with van der Waals surface area (Å²) in [6.45, 7) is 0. The smallest absolute Gasteiger partial charge is 0.345 e. The van der Waals surface area contributed by atoms with Crippen molar-refractivity contribution in [1.82, 2.24) is 0 Å². The van der Waals surface area contributed by atoms with Crippen molar-refractivity contribution >= 4 is 28.8 Å². The van der Waals surface area contributed by atoms with Crippen molar-refractivity contribution in [1.29, 1.82) is 0 Å². The van der Waals surface area contributed by atoms with Crippen LogP contribution in [0.2, 0.25) is 0 Å². The minimum Gasteiger partial charge on any atom is -0.508 e. The molecule has 0 aliphatic heterocycles. The average molecular weight is 611 g/mol. The highest BCUT2D eigenvalue weighted by Crippen LogP contribution is 2.43. The molecule has 0 fully saturated rings. The van der Waals surface area contributed by atoms with E-state index in [1.54, 1.807) is 24.3 Å². The van der Waals surface area contributed by atoms with E-state index in [4.69, 9.17) is 4.74 Å². The van der Waals surface area contributed by atoms with E-state index in [9.17, 15) is 50.4 Å². The summed E-state index contributed by atoms with van der Waals surface area (Å²) in [5.74, 6) is -5.05. The Hall–Kier alpha value is -6.36. The maximum Gasteiger partial charge on any atom is 0.345 e. The maximum atomic E-state index is 12.7. The molecule has 5 aromatic carbocycles. The van der Waals surface area contributed by atoms with Gasteiger partial charge < -0.3 is 45.6 Å². The summed E-state index contributed by atoms with van der Waals surface area (Å²) in [5.41, 5.74) is 2.49. The lowest BCUT2D eigenvalue weighted by Crippen LogP contribution is -2.28. The van der Waals surface area contributed by atoms with Gasteiger partial charge in [-0.2, -0.15) is 0 Å². The molecule has 11 nitrogen and oxygen atoms in total. The zero-order chi connectivity index (χ0) is 32.4. The van der Waals surface area contributed by atoms with E-state index in [-0.39, 0.29) is 28.9 Å². The molecule has 0 heterocycles. The number of aromatic hydroxyl groups is 7. The van der Waals surface area contributed by atoms with Crippen LogP contribution in [0.15, 0.2) is 84.9 Å². The van der Waals surface area contributed by atoms with Gasteiger partial charge in [0.05, 0.1) is 0 Å². The van der Waals surface area contributed by atoms with Gasteiger partial charge in [-0.25, -0.2) is 9.59 Å². The summed E-state index contributed by atoms with van der Waals surface area (Å²) >= 11 is 0. The topological polar surface area (TPSA) is 205 Å². The summed E-state index contributed by atoms with van der Waals surface area (Å²) in [6.07, 6.45) is 0.298. The van der Waals surface area contributed by atoms with Crippen molar-refractivity contribution in [2.75, 3.05) is 0 Å². The quantitative estimate of drug-likeness (QED) is 0.0637. The Morgan fingerprint density at radius 3 is 1.98 bits per heavy atom. The molecule has 228 valence electrons. The summed E-state index contributed by atoms with van der Waals surface area (Å²) in [4.78, 5) is 24.4. The number of aliphatic carboxylic acids is 1. The van der Waals surface area contributed by atoms with E-state index in [1.807, 2.05) is 0 Å². The normalized spacial score (nSPS) is 11.9. The van der Waals surface area contributed by atoms with Crippen LogP contribution in [-0.2, 0) is 20.7 Å². The fourth-order valence-electron chi connectivity index (χ4n) is 4.88. The number of esters is 1. The fourth-order valence-corrected chi connectivity index (χ4v) is 4.88. The molecule has 0 saturated heterocycles. The summed E-state index contributed by atoms with van der Waals surface area (Å²) in [5, 5.41) is 80.8. The van der Waals surface area contributed by atoms with Crippen molar-refractivity contribution in [3.63, 3.8) is 0 Å². The van der Waals surface area contributed by atoms with Crippen LogP contribution in [0.4, 0.5) is 0 Å². The molecular weight excluding hydrogens is 584 g/mol. The molecule has 45 heavy (non-hydrogen) atoms. The zero-order valence-electron chi connectivity index (χ0n) is 23.2. The highest BCUT2D eigenvalue weighted by Gasteiger charge is 2.23. The first kappa shape index (κ1) is 30.1. The van der Waals surface area contributed by atoms with E-state index in [0.29, 0.717) is 33.2 Å². The molecule has 0 saturated carbocycles. The van der Waals surface area contributed by atoms with E-state index in [2.05, 4.69) is 0 Å². The Balaban J connectivity index is 1.51. The Labute approximate surface area is 255 Å². The zero-order valence-corrected chi connectivity index (χ0v) is 23.2. The van der Waals surface area contributed by atoms with E-state index in [0.717, 1.165) is 12.1 Å². The Kier molecular flexibility index (Phi) is 8.09. The minimum atomic E-state index is -1.62. The largest absolute Gasteiger partial charge is 0.508 e.